The Balaban J connectivity index is 3.26. The molecule has 0 aliphatic carbocycles. The maximum Gasteiger partial charge on any atom is 0.158 e. The summed E-state index contributed by atoms with van der Waals surface area (Å²) in [6, 6.07) is 0. The summed E-state index contributed by atoms with van der Waals surface area (Å²) in [5.41, 5.74) is -1.00. The second-order valence-corrected chi connectivity index (χ2v) is 3.35. The first-order valence-corrected chi connectivity index (χ1v) is 3.97. The molecule has 4 heteroatoms. The number of halogens is 2. The zero-order chi connectivity index (χ0) is 7.28. The predicted octanol–water partition coefficient (Wildman–Crippen LogP) is 2.99. The van der Waals surface area contributed by atoms with E-state index in [1.54, 1.807) is 0 Å². The van der Waals surface area contributed by atoms with Crippen LogP contribution < -0.4 is 0 Å². The third kappa shape index (κ3) is 6.12. The highest BCUT2D eigenvalue weighted by Crippen LogP contribution is 2.19. The molecule has 0 aromatic rings. The Hall–Kier alpha value is 0.240. The number of alkyl halides is 1. The number of hydrogen-bond donors (Lipinski definition) is 1. The van der Waals surface area contributed by atoms with Gasteiger partial charge in [-0.15, -0.1) is 0 Å². The molecule has 1 atom stereocenters. The number of nitrogens with one attached hydrogen (secondary N) is 1. The molecule has 1 nitrogen and oxygen atoms in total. The van der Waals surface area contributed by atoms with Crippen molar-refractivity contribution in [1.82, 2.24) is 0 Å². The maximum absolute atomic E-state index is 12.4. The van der Waals surface area contributed by atoms with Gasteiger partial charge < -0.3 is 0 Å². The van der Waals surface area contributed by atoms with Crippen LogP contribution in [0.25, 0.3) is 0 Å². The number of rotatable bonds is 3. The van der Waals surface area contributed by atoms with Crippen molar-refractivity contribution in [2.75, 3.05) is 0 Å². The van der Waals surface area contributed by atoms with Gasteiger partial charge in [0.1, 0.15) is 0 Å². The number of hydrogen-bond acceptors (Lipinski definition) is 2. The van der Waals surface area contributed by atoms with Gasteiger partial charge in [-0.3, -0.25) is 5.41 Å². The summed E-state index contributed by atoms with van der Waals surface area (Å²) in [7, 11) is 0. The van der Waals surface area contributed by atoms with Crippen molar-refractivity contribution in [2.24, 2.45) is 0 Å². The molecule has 1 N–H and O–H groups in total. The minimum absolute atomic E-state index is 0.170. The van der Waals surface area contributed by atoms with E-state index in [1.807, 2.05) is 6.92 Å². The monoisotopic (exact) mass is 169 g/mol. The lowest BCUT2D eigenvalue weighted by Gasteiger charge is -2.00. The maximum atomic E-state index is 12.4. The molecule has 1 unspecified atom stereocenters. The Morgan fingerprint density at radius 1 is 1.89 bits per heavy atom. The Labute approximate surface area is 63.5 Å². The van der Waals surface area contributed by atoms with E-state index in [-0.39, 0.29) is 4.50 Å². The Morgan fingerprint density at radius 2 is 2.44 bits per heavy atom. The third-order valence-corrected chi connectivity index (χ3v) is 1.71. The minimum Gasteiger partial charge on any atom is -0.283 e. The highest BCUT2D eigenvalue weighted by molar-refractivity contribution is 8.17. The van der Waals surface area contributed by atoms with Crippen LogP contribution in [0.1, 0.15) is 19.8 Å². The molecule has 0 fully saturated rings. The molecule has 0 spiro atoms. The molecule has 0 rings (SSSR count). The first kappa shape index (κ1) is 9.24. The van der Waals surface area contributed by atoms with Crippen LogP contribution in [0.5, 0.6) is 0 Å². The molecule has 0 saturated carbocycles. The van der Waals surface area contributed by atoms with Crippen LogP contribution in [-0.4, -0.2) is 10.0 Å². The van der Waals surface area contributed by atoms with E-state index in [0.717, 1.165) is 18.2 Å². The van der Waals surface area contributed by atoms with E-state index < -0.39 is 5.50 Å². The Kier molecular flexibility index (Phi) is 5.19. The van der Waals surface area contributed by atoms with Gasteiger partial charge in [0.05, 0.1) is 0 Å². The van der Waals surface area contributed by atoms with Crippen molar-refractivity contribution in [3.8, 4) is 0 Å². The van der Waals surface area contributed by atoms with Gasteiger partial charge in [-0.05, 0) is 6.42 Å². The van der Waals surface area contributed by atoms with Crippen LogP contribution >= 0.6 is 23.4 Å². The zero-order valence-corrected chi connectivity index (χ0v) is 6.73. The van der Waals surface area contributed by atoms with Crippen molar-refractivity contribution < 1.29 is 4.39 Å². The average Bonchev–Trinajstić information content (AvgIpc) is 1.63. The molecule has 54 valence electrons. The predicted molar refractivity (Wildman–Crippen MR) is 41.0 cm³/mol. The van der Waals surface area contributed by atoms with E-state index in [2.05, 4.69) is 0 Å². The lowest BCUT2D eigenvalue weighted by Crippen LogP contribution is -1.94. The zero-order valence-electron chi connectivity index (χ0n) is 5.16. The van der Waals surface area contributed by atoms with Gasteiger partial charge in [0.25, 0.3) is 0 Å². The molecule has 0 radical (unpaired) electrons. The summed E-state index contributed by atoms with van der Waals surface area (Å²) >= 11 is 5.88. The summed E-state index contributed by atoms with van der Waals surface area (Å²) in [5, 5.41) is 6.69. The molecule has 0 aliphatic rings. The smallest absolute Gasteiger partial charge is 0.158 e. The average molecular weight is 170 g/mol. The Morgan fingerprint density at radius 3 is 2.78 bits per heavy atom. The van der Waals surface area contributed by atoms with Crippen molar-refractivity contribution in [1.29, 1.82) is 5.41 Å². The highest BCUT2D eigenvalue weighted by atomic mass is 35.5. The molecule has 0 heterocycles. The number of thioether (sulfide) groups is 1. The van der Waals surface area contributed by atoms with Gasteiger partial charge in [0.2, 0.25) is 0 Å². The van der Waals surface area contributed by atoms with E-state index in [1.165, 1.54) is 0 Å². The largest absolute Gasteiger partial charge is 0.283 e. The van der Waals surface area contributed by atoms with Crippen LogP contribution in [0.4, 0.5) is 4.39 Å². The fourth-order valence-corrected chi connectivity index (χ4v) is 1.27. The van der Waals surface area contributed by atoms with Crippen molar-refractivity contribution in [3.63, 3.8) is 0 Å². The highest BCUT2D eigenvalue weighted by Gasteiger charge is 2.06. The summed E-state index contributed by atoms with van der Waals surface area (Å²) in [6.45, 7) is 1.89. The first-order chi connectivity index (χ1) is 4.16. The van der Waals surface area contributed by atoms with Crippen LogP contribution in [-0.2, 0) is 0 Å². The van der Waals surface area contributed by atoms with Gasteiger partial charge >= 0.3 is 0 Å². The normalized spacial score (nSPS) is 13.2. The molecule has 0 amide bonds. The van der Waals surface area contributed by atoms with Crippen LogP contribution in [0.3, 0.4) is 0 Å². The van der Waals surface area contributed by atoms with Crippen molar-refractivity contribution in [2.45, 2.75) is 25.3 Å². The van der Waals surface area contributed by atoms with Crippen LogP contribution in [0, 0.1) is 5.41 Å². The Bertz CT molecular complexity index is 99.0. The summed E-state index contributed by atoms with van der Waals surface area (Å²) in [5.74, 6) is 0. The van der Waals surface area contributed by atoms with E-state index in [0.29, 0.717) is 6.42 Å². The van der Waals surface area contributed by atoms with Gasteiger partial charge in [0.15, 0.2) is 10.0 Å². The molecule has 0 aromatic carbocycles. The molecule has 0 aliphatic heterocycles. The SMILES string of the molecule is CCCC(F)SC(=N)Cl. The third-order valence-electron chi connectivity index (χ3n) is 0.747. The van der Waals surface area contributed by atoms with Crippen molar-refractivity contribution in [3.05, 3.63) is 0 Å². The fraction of sp³-hybridized carbons (Fsp3) is 0.800. The second-order valence-electron chi connectivity index (χ2n) is 1.59. The topological polar surface area (TPSA) is 23.9 Å². The van der Waals surface area contributed by atoms with Crippen molar-refractivity contribution >= 4 is 27.9 Å². The quantitative estimate of drug-likeness (QED) is 0.510. The van der Waals surface area contributed by atoms with E-state index in [4.69, 9.17) is 17.0 Å². The summed E-state index contributed by atoms with van der Waals surface area (Å²) < 4.78 is 12.2. The fourth-order valence-electron chi connectivity index (χ4n) is 0.398. The van der Waals surface area contributed by atoms with Gasteiger partial charge in [-0.1, -0.05) is 36.7 Å². The summed E-state index contributed by atoms with van der Waals surface area (Å²) in [4.78, 5) is 0. The molecular weight excluding hydrogens is 161 g/mol. The first-order valence-electron chi connectivity index (χ1n) is 2.71. The van der Waals surface area contributed by atoms with Gasteiger partial charge in [-0.2, -0.15) is 0 Å². The summed E-state index contributed by atoms with van der Waals surface area (Å²) in [6.07, 6.45) is 1.26. The van der Waals surface area contributed by atoms with Crippen LogP contribution in [0.2, 0.25) is 0 Å². The van der Waals surface area contributed by atoms with Crippen LogP contribution in [0.15, 0.2) is 0 Å². The second kappa shape index (κ2) is 5.06. The lowest BCUT2D eigenvalue weighted by molar-refractivity contribution is 0.428. The lowest BCUT2D eigenvalue weighted by atomic mass is 10.4. The molecule has 0 saturated heterocycles. The van der Waals surface area contributed by atoms with E-state index in [9.17, 15) is 4.39 Å². The minimum atomic E-state index is -1.00. The molecule has 9 heavy (non-hydrogen) atoms. The standard InChI is InChI=1S/C5H9ClFNS/c1-2-3-4(7)9-5(6)8/h4,8H,2-3H2,1H3. The van der Waals surface area contributed by atoms with E-state index >= 15 is 0 Å². The molecule has 0 aromatic heterocycles. The molecular formula is C5H9ClFNS. The molecule has 0 bridgehead atoms. The van der Waals surface area contributed by atoms with Gasteiger partial charge in [0, 0.05) is 0 Å². The van der Waals surface area contributed by atoms with Gasteiger partial charge in [-0.25, -0.2) is 4.39 Å².